The number of anilines is 1. The van der Waals surface area contributed by atoms with Crippen LogP contribution in [-0.4, -0.2) is 45.9 Å². The van der Waals surface area contributed by atoms with E-state index in [9.17, 15) is 19.5 Å². The Kier molecular flexibility index (Phi) is 7.85. The molecule has 1 aromatic carbocycles. The van der Waals surface area contributed by atoms with Gasteiger partial charge < -0.3 is 19.9 Å². The lowest BCUT2D eigenvalue weighted by Crippen LogP contribution is -2.35. The molecular weight excluding hydrogens is 366 g/mol. The Balaban J connectivity index is 2.20. The van der Waals surface area contributed by atoms with Crippen molar-refractivity contribution in [3.8, 4) is 0 Å². The van der Waals surface area contributed by atoms with Crippen molar-refractivity contribution in [3.63, 3.8) is 0 Å². The van der Waals surface area contributed by atoms with E-state index in [-0.39, 0.29) is 24.9 Å². The molecule has 0 aliphatic carbocycles. The van der Waals surface area contributed by atoms with Crippen LogP contribution in [0.2, 0.25) is 0 Å². The van der Waals surface area contributed by atoms with Gasteiger partial charge in [0.1, 0.15) is 12.4 Å². The van der Waals surface area contributed by atoms with Gasteiger partial charge >= 0.3 is 11.7 Å². The Morgan fingerprint density at radius 1 is 1.25 bits per heavy atom. The number of hydrogen-bond acceptors (Lipinski definition) is 7. The summed E-state index contributed by atoms with van der Waals surface area (Å²) in [6.07, 6.45) is 0.329. The van der Waals surface area contributed by atoms with E-state index < -0.39 is 24.0 Å². The van der Waals surface area contributed by atoms with Crippen molar-refractivity contribution in [2.45, 2.75) is 32.6 Å². The van der Waals surface area contributed by atoms with Gasteiger partial charge in [-0.15, -0.1) is 0 Å². The van der Waals surface area contributed by atoms with Crippen LogP contribution in [-0.2, 0) is 14.3 Å². The third kappa shape index (κ3) is 6.00. The van der Waals surface area contributed by atoms with Gasteiger partial charge in [0.05, 0.1) is 18.3 Å². The minimum Gasteiger partial charge on any atom is -0.457 e. The van der Waals surface area contributed by atoms with E-state index in [0.29, 0.717) is 12.0 Å². The minimum atomic E-state index is -0.990. The van der Waals surface area contributed by atoms with Crippen LogP contribution in [0.25, 0.3) is 0 Å². The van der Waals surface area contributed by atoms with Gasteiger partial charge in [0.2, 0.25) is 5.91 Å². The molecule has 0 fully saturated rings. The highest BCUT2D eigenvalue weighted by Crippen LogP contribution is 2.14. The third-order valence-electron chi connectivity index (χ3n) is 3.82. The number of aromatic nitrogens is 2. The molecule has 1 amide bonds. The van der Waals surface area contributed by atoms with E-state index in [1.165, 1.54) is 19.2 Å². The van der Waals surface area contributed by atoms with Gasteiger partial charge in [-0.3, -0.25) is 9.36 Å². The van der Waals surface area contributed by atoms with Crippen molar-refractivity contribution in [2.75, 3.05) is 18.5 Å². The first-order valence-corrected chi connectivity index (χ1v) is 8.79. The molecule has 9 nitrogen and oxygen atoms in total. The molecule has 0 aliphatic heterocycles. The molecule has 0 aliphatic rings. The normalized spacial score (nSPS) is 12.8. The predicted molar refractivity (Wildman–Crippen MR) is 101 cm³/mol. The zero-order valence-electron chi connectivity index (χ0n) is 15.7. The fourth-order valence-corrected chi connectivity index (χ4v) is 2.36. The third-order valence-corrected chi connectivity index (χ3v) is 3.82. The molecule has 0 unspecified atom stereocenters. The zero-order valence-corrected chi connectivity index (χ0v) is 15.7. The smallest absolute Gasteiger partial charge is 0.351 e. The first-order chi connectivity index (χ1) is 13.4. The van der Waals surface area contributed by atoms with E-state index in [0.717, 1.165) is 4.57 Å². The molecule has 0 spiro atoms. The second-order valence-electron chi connectivity index (χ2n) is 5.95. The Bertz CT molecular complexity index is 848. The largest absolute Gasteiger partial charge is 0.457 e. The number of nitrogens with zero attached hydrogens (tertiary/aromatic N) is 2. The molecule has 2 atom stereocenters. The van der Waals surface area contributed by atoms with Gasteiger partial charge in [-0.1, -0.05) is 25.1 Å². The number of amides is 1. The van der Waals surface area contributed by atoms with E-state index in [4.69, 9.17) is 9.47 Å². The average Bonchev–Trinajstić information content (AvgIpc) is 2.69. The van der Waals surface area contributed by atoms with Crippen molar-refractivity contribution in [1.29, 1.82) is 0 Å². The first-order valence-electron chi connectivity index (χ1n) is 8.79. The van der Waals surface area contributed by atoms with E-state index in [1.807, 2.05) is 6.92 Å². The van der Waals surface area contributed by atoms with Crippen molar-refractivity contribution in [2.24, 2.45) is 0 Å². The molecule has 1 aromatic heterocycles. The molecule has 9 heteroatoms. The molecule has 1 heterocycles. The molecule has 0 saturated carbocycles. The van der Waals surface area contributed by atoms with Crippen LogP contribution in [0.5, 0.6) is 0 Å². The molecule has 2 aromatic rings. The fraction of sp³-hybridized carbons (Fsp3) is 0.368. The molecule has 0 saturated heterocycles. The van der Waals surface area contributed by atoms with Crippen LogP contribution in [0.1, 0.15) is 36.9 Å². The number of ether oxygens (including phenoxy) is 2. The minimum absolute atomic E-state index is 0.1000. The van der Waals surface area contributed by atoms with Crippen molar-refractivity contribution >= 4 is 17.7 Å². The van der Waals surface area contributed by atoms with Crippen molar-refractivity contribution < 1.29 is 24.2 Å². The van der Waals surface area contributed by atoms with Gasteiger partial charge in [0.15, 0.2) is 6.23 Å². The maximum atomic E-state index is 12.4. The number of hydrogen-bond donors (Lipinski definition) is 2. The van der Waals surface area contributed by atoms with Crippen LogP contribution in [0.4, 0.5) is 5.82 Å². The highest BCUT2D eigenvalue weighted by atomic mass is 16.6. The average molecular weight is 389 g/mol. The molecule has 2 rings (SSSR count). The van der Waals surface area contributed by atoms with Crippen LogP contribution < -0.4 is 11.0 Å². The second-order valence-corrected chi connectivity index (χ2v) is 5.95. The Labute approximate surface area is 161 Å². The van der Waals surface area contributed by atoms with Gasteiger partial charge in [-0.2, -0.15) is 4.98 Å². The Morgan fingerprint density at radius 2 is 1.96 bits per heavy atom. The number of carbonyl (C=O) groups excluding carboxylic acids is 2. The van der Waals surface area contributed by atoms with Crippen LogP contribution in [0.3, 0.4) is 0 Å². The highest BCUT2D eigenvalue weighted by molar-refractivity contribution is 5.89. The number of aliphatic hydroxyl groups is 1. The lowest BCUT2D eigenvalue weighted by Gasteiger charge is -2.24. The van der Waals surface area contributed by atoms with E-state index in [1.54, 1.807) is 30.3 Å². The molecular formula is C19H23N3O6. The summed E-state index contributed by atoms with van der Waals surface area (Å²) in [6.45, 7) is 2.60. The fourth-order valence-electron chi connectivity index (χ4n) is 2.36. The molecule has 0 bridgehead atoms. The van der Waals surface area contributed by atoms with Gasteiger partial charge in [0, 0.05) is 13.1 Å². The monoisotopic (exact) mass is 389 g/mol. The van der Waals surface area contributed by atoms with Crippen LogP contribution in [0, 0.1) is 0 Å². The van der Waals surface area contributed by atoms with E-state index in [2.05, 4.69) is 10.3 Å². The molecule has 0 radical (unpaired) electrons. The van der Waals surface area contributed by atoms with Gasteiger partial charge in [0.25, 0.3) is 0 Å². The van der Waals surface area contributed by atoms with Crippen LogP contribution >= 0.6 is 0 Å². The lowest BCUT2D eigenvalue weighted by molar-refractivity contribution is -0.114. The summed E-state index contributed by atoms with van der Waals surface area (Å²) in [6, 6.07) is 9.83. The number of rotatable bonds is 9. The summed E-state index contributed by atoms with van der Waals surface area (Å²) in [5.74, 6) is -0.828. The summed E-state index contributed by atoms with van der Waals surface area (Å²) >= 11 is 0. The second kappa shape index (κ2) is 10.3. The zero-order chi connectivity index (χ0) is 20.5. The quantitative estimate of drug-likeness (QED) is 0.621. The topological polar surface area (TPSA) is 120 Å². The maximum Gasteiger partial charge on any atom is 0.351 e. The van der Waals surface area contributed by atoms with Gasteiger partial charge in [-0.05, 0) is 24.6 Å². The number of esters is 1. The number of nitrogens with one attached hydrogen (secondary N) is 1. The number of carbonyl (C=O) groups is 2. The lowest BCUT2D eigenvalue weighted by atomic mass is 10.2. The molecule has 2 N–H and O–H groups in total. The first kappa shape index (κ1) is 21.3. The summed E-state index contributed by atoms with van der Waals surface area (Å²) in [4.78, 5) is 39.4. The van der Waals surface area contributed by atoms with E-state index >= 15 is 0 Å². The number of aliphatic hydroxyl groups excluding tert-OH is 1. The maximum absolute atomic E-state index is 12.4. The molecule has 150 valence electrons. The van der Waals surface area contributed by atoms with Crippen LogP contribution in [0.15, 0.2) is 47.4 Å². The van der Waals surface area contributed by atoms with Gasteiger partial charge in [-0.25, -0.2) is 9.59 Å². The van der Waals surface area contributed by atoms with Crippen molar-refractivity contribution in [1.82, 2.24) is 9.55 Å². The Morgan fingerprint density at radius 3 is 2.54 bits per heavy atom. The molecule has 28 heavy (non-hydrogen) atoms. The number of benzene rings is 1. The summed E-state index contributed by atoms with van der Waals surface area (Å²) < 4.78 is 12.2. The highest BCUT2D eigenvalue weighted by Gasteiger charge is 2.21. The Hall–Kier alpha value is -3.04. The summed E-state index contributed by atoms with van der Waals surface area (Å²) in [5, 5.41) is 11.8. The van der Waals surface area contributed by atoms with Crippen molar-refractivity contribution in [3.05, 3.63) is 58.6 Å². The summed E-state index contributed by atoms with van der Waals surface area (Å²) in [5.41, 5.74) is -0.332. The summed E-state index contributed by atoms with van der Waals surface area (Å²) in [7, 11) is 0. The SMILES string of the molecule is CC[C@@H](CO)O[C@@H](COC(=O)c1ccccc1)n1ccc(NC(C)=O)nc1=O. The standard InChI is InChI=1S/C19H23N3O6/c1-3-15(11-23)28-17(12-27-18(25)14-7-5-4-6-8-14)22-10-9-16(20-13(2)24)21-19(22)26/h4-10,15,17,23H,3,11-12H2,1-2H3,(H,20,21,24,26)/t15-,17-/m0/s1. The predicted octanol–water partition coefficient (Wildman–Crippen LogP) is 1.34.